The van der Waals surface area contributed by atoms with Crippen LogP contribution in [0.5, 0.6) is 0 Å². The quantitative estimate of drug-likeness (QED) is 0.308. The predicted octanol–water partition coefficient (Wildman–Crippen LogP) is 6.94. The maximum atomic E-state index is 14.6. The average molecular weight is 426 g/mol. The summed E-state index contributed by atoms with van der Waals surface area (Å²) in [5, 5.41) is 0. The van der Waals surface area contributed by atoms with Gasteiger partial charge in [-0.15, -0.1) is 0 Å². The molecule has 0 amide bonds. The lowest BCUT2D eigenvalue weighted by Gasteiger charge is -2.11. The number of alkyl halides is 3. The number of rotatable bonds is 2. The van der Waals surface area contributed by atoms with Gasteiger partial charge in [0.1, 0.15) is 29.1 Å². The van der Waals surface area contributed by atoms with Crippen LogP contribution in [0.1, 0.15) is 11.1 Å². The van der Waals surface area contributed by atoms with E-state index in [1.54, 1.807) is 5.92 Å². The van der Waals surface area contributed by atoms with Gasteiger partial charge in [-0.3, -0.25) is 0 Å². The minimum Gasteiger partial charge on any atom is -0.206 e. The minimum atomic E-state index is -4.83. The van der Waals surface area contributed by atoms with Gasteiger partial charge in [0, 0.05) is 5.92 Å². The van der Waals surface area contributed by atoms with Gasteiger partial charge in [-0.25, -0.2) is 22.0 Å². The molecule has 0 spiro atoms. The molecule has 3 aromatic rings. The van der Waals surface area contributed by atoms with Crippen molar-refractivity contribution in [2.24, 2.45) is 0 Å². The van der Waals surface area contributed by atoms with Gasteiger partial charge < -0.3 is 0 Å². The Morgan fingerprint density at radius 1 is 0.633 bits per heavy atom. The van der Waals surface area contributed by atoms with Crippen LogP contribution >= 0.6 is 0 Å². The van der Waals surface area contributed by atoms with Crippen LogP contribution in [0.2, 0.25) is 0 Å². The Balaban J connectivity index is 2.07. The second-order valence-corrected chi connectivity index (χ2v) is 6.36. The highest BCUT2D eigenvalue weighted by atomic mass is 19.4. The molecule has 0 aromatic heterocycles. The van der Waals surface area contributed by atoms with Gasteiger partial charge in [0.05, 0.1) is 16.7 Å². The molecule has 8 heteroatoms. The van der Waals surface area contributed by atoms with E-state index in [4.69, 9.17) is 0 Å². The highest BCUT2D eigenvalue weighted by molar-refractivity contribution is 5.73. The van der Waals surface area contributed by atoms with E-state index in [2.05, 4.69) is 0 Å². The second kappa shape index (κ2) is 7.82. The highest BCUT2D eigenvalue weighted by Crippen LogP contribution is 2.34. The van der Waals surface area contributed by atoms with E-state index in [1.807, 2.05) is 0 Å². The summed E-state index contributed by atoms with van der Waals surface area (Å²) in [6.07, 6.45) is -4.83. The van der Waals surface area contributed by atoms with Crippen LogP contribution in [0.15, 0.2) is 42.5 Å². The smallest absolute Gasteiger partial charge is 0.206 e. The molecule has 0 nitrogen and oxygen atoms in total. The van der Waals surface area contributed by atoms with Crippen molar-refractivity contribution in [3.8, 4) is 34.1 Å². The van der Waals surface area contributed by atoms with Crippen molar-refractivity contribution in [2.45, 2.75) is 13.1 Å². The Kier molecular flexibility index (Phi) is 5.57. The van der Waals surface area contributed by atoms with Crippen molar-refractivity contribution in [2.75, 3.05) is 0 Å². The van der Waals surface area contributed by atoms with Crippen molar-refractivity contribution in [3.63, 3.8) is 0 Å². The molecule has 0 aliphatic rings. The molecule has 0 fully saturated rings. The molecule has 154 valence electrons. The number of hydrogen-bond acceptors (Lipinski definition) is 0. The third kappa shape index (κ3) is 4.46. The molecule has 0 saturated carbocycles. The number of aryl methyl sites for hydroxylation is 1. The zero-order valence-electron chi connectivity index (χ0n) is 15.1. The molecule has 0 N–H and O–H groups in total. The van der Waals surface area contributed by atoms with Crippen LogP contribution in [0.25, 0.3) is 22.3 Å². The van der Waals surface area contributed by atoms with Crippen molar-refractivity contribution < 1.29 is 35.1 Å². The van der Waals surface area contributed by atoms with Crippen molar-refractivity contribution >= 4 is 0 Å². The summed E-state index contributed by atoms with van der Waals surface area (Å²) in [5.41, 5.74) is -2.41. The Bertz CT molecular complexity index is 1150. The summed E-state index contributed by atoms with van der Waals surface area (Å²) in [6.45, 7) is 1.44. The van der Waals surface area contributed by atoms with Crippen molar-refractivity contribution in [1.82, 2.24) is 0 Å². The molecule has 0 radical (unpaired) electrons. The molecular formula is C22H10F8. The second-order valence-electron chi connectivity index (χ2n) is 6.36. The van der Waals surface area contributed by atoms with Gasteiger partial charge in [0.25, 0.3) is 0 Å². The molecule has 0 atom stereocenters. The maximum Gasteiger partial charge on any atom is 0.458 e. The fraction of sp³-hybridized carbons (Fsp3) is 0.0909. The first kappa shape index (κ1) is 21.4. The topological polar surface area (TPSA) is 0 Å². The van der Waals surface area contributed by atoms with Crippen LogP contribution in [0.4, 0.5) is 35.1 Å². The van der Waals surface area contributed by atoms with Crippen LogP contribution in [0.3, 0.4) is 0 Å². The van der Waals surface area contributed by atoms with Gasteiger partial charge in [-0.05, 0) is 60.0 Å². The van der Waals surface area contributed by atoms with Crippen LogP contribution in [-0.4, -0.2) is 6.18 Å². The predicted molar refractivity (Wildman–Crippen MR) is 94.8 cm³/mol. The zero-order valence-corrected chi connectivity index (χ0v) is 15.1. The Morgan fingerprint density at radius 3 is 1.60 bits per heavy atom. The lowest BCUT2D eigenvalue weighted by Crippen LogP contribution is -2.02. The average Bonchev–Trinajstić information content (AvgIpc) is 2.58. The Morgan fingerprint density at radius 2 is 1.10 bits per heavy atom. The summed E-state index contributed by atoms with van der Waals surface area (Å²) in [6, 6.07) is 5.81. The number of benzene rings is 3. The van der Waals surface area contributed by atoms with Crippen LogP contribution in [-0.2, 0) is 0 Å². The van der Waals surface area contributed by atoms with E-state index in [9.17, 15) is 35.1 Å². The summed E-state index contributed by atoms with van der Waals surface area (Å²) in [4.78, 5) is 0. The standard InChI is InChI=1S/C22H10F8/c1-11-6-16(24)21(17(25)7-11)14-9-18(26)20(19(27)10-14)13-3-2-12(15(23)8-13)4-5-22(28,29)30/h2-3,6-10H,1H3. The van der Waals surface area contributed by atoms with Crippen LogP contribution in [0, 0.1) is 47.9 Å². The zero-order chi connectivity index (χ0) is 22.2. The van der Waals surface area contributed by atoms with E-state index < -0.39 is 57.5 Å². The van der Waals surface area contributed by atoms with Gasteiger partial charge in [-0.1, -0.05) is 12.0 Å². The molecule has 3 aromatic carbocycles. The number of hydrogen-bond donors (Lipinski definition) is 0. The molecule has 30 heavy (non-hydrogen) atoms. The van der Waals surface area contributed by atoms with Crippen LogP contribution < -0.4 is 0 Å². The summed E-state index contributed by atoms with van der Waals surface area (Å²) in [7, 11) is 0. The Hall–Kier alpha value is -3.34. The molecule has 0 heterocycles. The summed E-state index contributed by atoms with van der Waals surface area (Å²) in [5.74, 6) is -3.25. The molecule has 3 rings (SSSR count). The van der Waals surface area contributed by atoms with Crippen molar-refractivity contribution in [1.29, 1.82) is 0 Å². The Labute approximate surface area is 165 Å². The molecule has 0 bridgehead atoms. The van der Waals surface area contributed by atoms with E-state index in [0.717, 1.165) is 30.2 Å². The number of halogens is 8. The summed E-state index contributed by atoms with van der Waals surface area (Å²) >= 11 is 0. The monoisotopic (exact) mass is 426 g/mol. The van der Waals surface area contributed by atoms with Gasteiger partial charge in [-0.2, -0.15) is 13.2 Å². The molecular weight excluding hydrogens is 416 g/mol. The van der Waals surface area contributed by atoms with Gasteiger partial charge >= 0.3 is 6.18 Å². The first-order valence-electron chi connectivity index (χ1n) is 8.31. The SMILES string of the molecule is Cc1cc(F)c(-c2cc(F)c(-c3ccc(C#CC(F)(F)F)c(F)c3)c(F)c2)c(F)c1. The third-order valence-corrected chi connectivity index (χ3v) is 4.11. The molecule has 0 aliphatic carbocycles. The van der Waals surface area contributed by atoms with Gasteiger partial charge in [0.2, 0.25) is 0 Å². The fourth-order valence-corrected chi connectivity index (χ4v) is 2.88. The largest absolute Gasteiger partial charge is 0.458 e. The lowest BCUT2D eigenvalue weighted by atomic mass is 9.97. The molecule has 0 saturated heterocycles. The molecule has 0 unspecified atom stereocenters. The normalized spacial score (nSPS) is 11.2. The first-order valence-corrected chi connectivity index (χ1v) is 8.31. The minimum absolute atomic E-state index is 0.274. The molecule has 0 aliphatic heterocycles. The van der Waals surface area contributed by atoms with Gasteiger partial charge in [0.15, 0.2) is 0 Å². The first-order chi connectivity index (χ1) is 14.0. The highest BCUT2D eigenvalue weighted by Gasteiger charge is 2.23. The van der Waals surface area contributed by atoms with E-state index in [-0.39, 0.29) is 11.1 Å². The third-order valence-electron chi connectivity index (χ3n) is 4.11. The lowest BCUT2D eigenvalue weighted by molar-refractivity contribution is -0.0696. The fourth-order valence-electron chi connectivity index (χ4n) is 2.88. The van der Waals surface area contributed by atoms with E-state index >= 15 is 0 Å². The summed E-state index contributed by atoms with van der Waals surface area (Å²) < 4.78 is 108. The van der Waals surface area contributed by atoms with Crippen molar-refractivity contribution in [3.05, 3.63) is 82.7 Å². The maximum absolute atomic E-state index is 14.6. The van der Waals surface area contributed by atoms with E-state index in [0.29, 0.717) is 18.2 Å². The van der Waals surface area contributed by atoms with E-state index in [1.165, 1.54) is 6.92 Å².